The first-order chi connectivity index (χ1) is 9.13. The van der Waals surface area contributed by atoms with Crippen molar-refractivity contribution in [3.63, 3.8) is 0 Å². The fraction of sp³-hybridized carbons (Fsp3) is 0.273. The first kappa shape index (κ1) is 13.1. The fourth-order valence-corrected chi connectivity index (χ4v) is 1.71. The highest BCUT2D eigenvalue weighted by atomic mass is 19.1. The highest BCUT2D eigenvalue weighted by Crippen LogP contribution is 2.20. The lowest BCUT2D eigenvalue weighted by Gasteiger charge is -2.06. The lowest BCUT2D eigenvalue weighted by molar-refractivity contribution is -0.387. The summed E-state index contributed by atoms with van der Waals surface area (Å²) in [4.78, 5) is 13.9. The molecule has 0 aliphatic heterocycles. The van der Waals surface area contributed by atoms with Gasteiger partial charge in [0.2, 0.25) is 5.82 Å². The van der Waals surface area contributed by atoms with Crippen LogP contribution in [0.15, 0.2) is 24.5 Å². The van der Waals surface area contributed by atoms with E-state index in [1.165, 1.54) is 23.1 Å². The summed E-state index contributed by atoms with van der Waals surface area (Å²) < 4.78 is 15.4. The van der Waals surface area contributed by atoms with Gasteiger partial charge < -0.3 is 5.32 Å². The van der Waals surface area contributed by atoms with Crippen molar-refractivity contribution in [1.29, 1.82) is 0 Å². The fourth-order valence-electron chi connectivity index (χ4n) is 1.71. The predicted octanol–water partition coefficient (Wildman–Crippen LogP) is 1.09. The molecule has 0 aliphatic rings. The van der Waals surface area contributed by atoms with E-state index in [1.807, 2.05) is 0 Å². The molecule has 1 aromatic heterocycles. The van der Waals surface area contributed by atoms with Crippen molar-refractivity contribution in [2.24, 2.45) is 0 Å². The number of nitro benzene ring substituents is 1. The van der Waals surface area contributed by atoms with Gasteiger partial charge in [0.15, 0.2) is 0 Å². The number of nitrogens with one attached hydrogen (secondary N) is 1. The molecule has 2 aromatic rings. The number of hydrogen-bond acceptors (Lipinski definition) is 5. The lowest BCUT2D eigenvalue weighted by Crippen LogP contribution is -2.14. The number of nitrogens with zero attached hydrogens (tertiary/aromatic N) is 4. The molecule has 100 valence electrons. The highest BCUT2D eigenvalue weighted by Gasteiger charge is 2.18. The summed E-state index contributed by atoms with van der Waals surface area (Å²) in [5, 5.41) is 17.6. The van der Waals surface area contributed by atoms with E-state index in [4.69, 9.17) is 0 Å². The Hall–Kier alpha value is -2.35. The molecule has 0 aliphatic carbocycles. The zero-order chi connectivity index (χ0) is 13.8. The van der Waals surface area contributed by atoms with Crippen LogP contribution >= 0.6 is 0 Å². The van der Waals surface area contributed by atoms with Gasteiger partial charge in [0.1, 0.15) is 12.2 Å². The molecule has 0 fully saturated rings. The predicted molar refractivity (Wildman–Crippen MR) is 64.9 cm³/mol. The molecule has 0 saturated heterocycles. The quantitative estimate of drug-likeness (QED) is 0.646. The summed E-state index contributed by atoms with van der Waals surface area (Å²) in [5.74, 6) is -0.202. The summed E-state index contributed by atoms with van der Waals surface area (Å²) >= 11 is 0. The smallest absolute Gasteiger partial charge is 0.305 e. The summed E-state index contributed by atoms with van der Waals surface area (Å²) in [6, 6.07) is 4.08. The maximum Gasteiger partial charge on any atom is 0.305 e. The molecule has 0 bridgehead atoms. The molecular weight excluding hydrogens is 253 g/mol. The second kappa shape index (κ2) is 5.53. The van der Waals surface area contributed by atoms with Gasteiger partial charge in [-0.3, -0.25) is 10.1 Å². The number of benzene rings is 1. The summed E-state index contributed by atoms with van der Waals surface area (Å²) in [6.07, 6.45) is 1.36. The Bertz CT molecular complexity index is 599. The third-order valence-electron chi connectivity index (χ3n) is 2.61. The number of aromatic nitrogens is 3. The van der Waals surface area contributed by atoms with Gasteiger partial charge in [0.25, 0.3) is 0 Å². The molecule has 0 unspecified atom stereocenters. The van der Waals surface area contributed by atoms with Crippen LogP contribution in [0.25, 0.3) is 0 Å². The van der Waals surface area contributed by atoms with Crippen LogP contribution < -0.4 is 5.32 Å². The van der Waals surface area contributed by atoms with Crippen molar-refractivity contribution in [3.8, 4) is 0 Å². The Morgan fingerprint density at radius 1 is 1.53 bits per heavy atom. The Morgan fingerprint density at radius 3 is 3.00 bits per heavy atom. The van der Waals surface area contributed by atoms with Crippen molar-refractivity contribution in [2.75, 3.05) is 7.05 Å². The van der Waals surface area contributed by atoms with Crippen LogP contribution in [0.1, 0.15) is 11.4 Å². The number of halogens is 1. The van der Waals surface area contributed by atoms with Gasteiger partial charge >= 0.3 is 5.69 Å². The molecule has 0 atom stereocenters. The van der Waals surface area contributed by atoms with Crippen LogP contribution in [-0.4, -0.2) is 26.7 Å². The van der Waals surface area contributed by atoms with Crippen LogP contribution in [-0.2, 0) is 13.1 Å². The molecule has 8 heteroatoms. The largest absolute Gasteiger partial charge is 0.313 e. The van der Waals surface area contributed by atoms with E-state index in [-0.39, 0.29) is 12.1 Å². The van der Waals surface area contributed by atoms with Crippen molar-refractivity contribution in [3.05, 3.63) is 51.8 Å². The van der Waals surface area contributed by atoms with E-state index in [0.29, 0.717) is 12.4 Å². The number of hydrogen-bond donors (Lipinski definition) is 1. The van der Waals surface area contributed by atoms with E-state index in [0.717, 1.165) is 6.07 Å². The minimum absolute atomic E-state index is 0.102. The SMILES string of the molecule is CNCc1ncnn1Cc1cccc([N+](=O)[O-])c1F. The van der Waals surface area contributed by atoms with Gasteiger partial charge in [-0.25, -0.2) is 9.67 Å². The summed E-state index contributed by atoms with van der Waals surface area (Å²) in [7, 11) is 1.76. The molecule has 1 heterocycles. The molecule has 7 nitrogen and oxygen atoms in total. The van der Waals surface area contributed by atoms with Crippen molar-refractivity contribution in [1.82, 2.24) is 20.1 Å². The molecule has 2 rings (SSSR count). The summed E-state index contributed by atoms with van der Waals surface area (Å²) in [5.41, 5.74) is -0.329. The van der Waals surface area contributed by atoms with Crippen LogP contribution in [0.2, 0.25) is 0 Å². The Morgan fingerprint density at radius 2 is 2.32 bits per heavy atom. The number of nitro groups is 1. The van der Waals surface area contributed by atoms with Crippen molar-refractivity contribution in [2.45, 2.75) is 13.1 Å². The van der Waals surface area contributed by atoms with Crippen LogP contribution in [0.5, 0.6) is 0 Å². The van der Waals surface area contributed by atoms with Gasteiger partial charge in [-0.2, -0.15) is 9.49 Å². The van der Waals surface area contributed by atoms with Crippen LogP contribution in [0.4, 0.5) is 10.1 Å². The van der Waals surface area contributed by atoms with Crippen LogP contribution in [0.3, 0.4) is 0 Å². The second-order valence-electron chi connectivity index (χ2n) is 3.87. The highest BCUT2D eigenvalue weighted by molar-refractivity contribution is 5.36. The molecule has 0 amide bonds. The molecule has 0 spiro atoms. The first-order valence-corrected chi connectivity index (χ1v) is 5.56. The lowest BCUT2D eigenvalue weighted by atomic mass is 10.2. The molecule has 0 radical (unpaired) electrons. The van der Waals surface area contributed by atoms with E-state index in [2.05, 4.69) is 15.4 Å². The minimum atomic E-state index is -0.835. The average Bonchev–Trinajstić information content (AvgIpc) is 2.79. The van der Waals surface area contributed by atoms with E-state index in [9.17, 15) is 14.5 Å². The van der Waals surface area contributed by atoms with Crippen LogP contribution in [0, 0.1) is 15.9 Å². The zero-order valence-electron chi connectivity index (χ0n) is 10.2. The van der Waals surface area contributed by atoms with Crippen molar-refractivity contribution < 1.29 is 9.31 Å². The number of rotatable bonds is 5. The van der Waals surface area contributed by atoms with E-state index < -0.39 is 16.4 Å². The maximum absolute atomic E-state index is 13.9. The maximum atomic E-state index is 13.9. The first-order valence-electron chi connectivity index (χ1n) is 5.56. The molecule has 0 saturated carbocycles. The van der Waals surface area contributed by atoms with Gasteiger partial charge in [0.05, 0.1) is 18.0 Å². The topological polar surface area (TPSA) is 85.9 Å². The van der Waals surface area contributed by atoms with Gasteiger partial charge in [-0.05, 0) is 7.05 Å². The summed E-state index contributed by atoms with van der Waals surface area (Å²) in [6.45, 7) is 0.584. The van der Waals surface area contributed by atoms with Crippen molar-refractivity contribution >= 4 is 5.69 Å². The van der Waals surface area contributed by atoms with E-state index in [1.54, 1.807) is 7.05 Å². The average molecular weight is 265 g/mol. The molecule has 19 heavy (non-hydrogen) atoms. The minimum Gasteiger partial charge on any atom is -0.313 e. The third-order valence-corrected chi connectivity index (χ3v) is 2.61. The van der Waals surface area contributed by atoms with Gasteiger partial charge in [-0.15, -0.1) is 0 Å². The zero-order valence-corrected chi connectivity index (χ0v) is 10.2. The monoisotopic (exact) mass is 265 g/mol. The Kier molecular flexibility index (Phi) is 3.81. The Labute approximate surface area is 108 Å². The third kappa shape index (κ3) is 2.74. The van der Waals surface area contributed by atoms with E-state index >= 15 is 0 Å². The van der Waals surface area contributed by atoms with Gasteiger partial charge in [0, 0.05) is 11.6 Å². The normalized spacial score (nSPS) is 10.6. The molecular formula is C11H12FN5O2. The van der Waals surface area contributed by atoms with Gasteiger partial charge in [-0.1, -0.05) is 12.1 Å². The second-order valence-corrected chi connectivity index (χ2v) is 3.87. The Balaban J connectivity index is 2.31. The molecule has 1 N–H and O–H groups in total. The molecule has 1 aromatic carbocycles. The standard InChI is InChI=1S/C11H12FN5O2/c1-13-5-10-14-7-15-16(10)6-8-3-2-4-9(11(8)12)17(18)19/h2-4,7,13H,5-6H2,1H3.